The summed E-state index contributed by atoms with van der Waals surface area (Å²) in [6.07, 6.45) is 2.00. The largest absolute Gasteiger partial charge is 0.457 e. The number of nitrogens with zero attached hydrogens (tertiary/aromatic N) is 4. The number of fused-ring (bicyclic) bond motifs is 10. The van der Waals surface area contributed by atoms with E-state index < -0.39 is 8.07 Å². The smallest absolute Gasteiger partial charge is 0.185 e. The molecule has 0 aliphatic carbocycles. The van der Waals surface area contributed by atoms with Crippen molar-refractivity contribution in [3.05, 3.63) is 239 Å². The number of hydrogen-bond acceptors (Lipinski definition) is 5. The lowest BCUT2D eigenvalue weighted by atomic mass is 9.77. The number of pyridine rings is 1. The number of benzene rings is 9. The Kier molecular flexibility index (Phi) is 15.3. The van der Waals surface area contributed by atoms with Crippen LogP contribution in [0.3, 0.4) is 0 Å². The first-order chi connectivity index (χ1) is 44.0. The van der Waals surface area contributed by atoms with Crippen LogP contribution in [0.4, 0.5) is 39.9 Å². The van der Waals surface area contributed by atoms with Crippen LogP contribution in [0.1, 0.15) is 184 Å². The van der Waals surface area contributed by atoms with Crippen molar-refractivity contribution in [1.82, 2.24) is 4.98 Å². The van der Waals surface area contributed by atoms with Crippen LogP contribution in [0.5, 0.6) is 11.5 Å². The van der Waals surface area contributed by atoms with Crippen LogP contribution in [0.15, 0.2) is 200 Å². The molecule has 0 saturated carbocycles. The van der Waals surface area contributed by atoms with Gasteiger partial charge in [0.15, 0.2) is 8.07 Å². The zero-order chi connectivity index (χ0) is 67.2. The number of aromatic nitrogens is 1. The van der Waals surface area contributed by atoms with Gasteiger partial charge in [0.1, 0.15) is 24.0 Å². The molecule has 94 heavy (non-hydrogen) atoms. The van der Waals surface area contributed by atoms with Gasteiger partial charge in [0.2, 0.25) is 0 Å². The first-order valence-electron chi connectivity index (χ1n) is 34.2. The fourth-order valence-corrected chi connectivity index (χ4v) is 20.1. The molecule has 0 atom stereocenters. The Morgan fingerprint density at radius 3 is 1.36 bits per heavy atom. The molecule has 0 saturated heterocycles. The molecule has 5 nitrogen and oxygen atoms in total. The summed E-state index contributed by atoms with van der Waals surface area (Å²) in [4.78, 5) is 12.8. The number of anilines is 7. The molecular weight excluding hydrogens is 1160 g/mol. The standard InChI is InChI=1S/C88H98N4OSi/c1-82(2,3)58-29-26-28-56(44-58)70-48-64(88(19,20)21)49-71(57-45-62(86(13,14)15)47-63(46-57)87(16,17)18)81(70)91-55-90(72-32-22-23-33-73(72)91)65-30-27-31-66(53-65)93-67-38-41-77-75(54-67)92(80-52-61(42-43-89-80)85(10,11)12)74-34-24-25-35-76(74)94(77)78-50-59(83(4,5)6)36-39-68(78)69-40-37-60(51-79(69)94)84(7,8)9/h22-54H,55H2,1-21H3. The van der Waals surface area contributed by atoms with Crippen LogP contribution >= 0.6 is 0 Å². The Hall–Kier alpha value is -8.45. The van der Waals surface area contributed by atoms with Crippen molar-refractivity contribution in [2.45, 2.75) is 183 Å². The van der Waals surface area contributed by atoms with E-state index in [2.05, 4.69) is 354 Å². The van der Waals surface area contributed by atoms with Crippen LogP contribution in [0, 0.1) is 0 Å². The minimum Gasteiger partial charge on any atom is -0.457 e. The minimum absolute atomic E-state index is 0.0438. The molecule has 3 aliphatic heterocycles. The van der Waals surface area contributed by atoms with Gasteiger partial charge >= 0.3 is 0 Å². The molecule has 6 heteroatoms. The molecule has 10 aromatic rings. The first kappa shape index (κ1) is 64.3. The SMILES string of the molecule is CC(C)(C)c1cccc(-c2cc(C(C)(C)C)cc(-c3cc(C(C)(C)C)cc(C(C)(C)C)c3)c2N2CN(c3cccc(Oc4ccc5c(c4)N(c4cc(C(C)(C)C)ccn4)c4ccccc4[Si]54c5cc(C(C)(C)C)ccc5-c5ccc(C(C)(C)C)cc54)c3)c3ccccc32)c1. The molecule has 0 radical (unpaired) electrons. The monoisotopic (exact) mass is 1250 g/mol. The molecule has 3 aliphatic rings. The third-order valence-electron chi connectivity index (χ3n) is 20.2. The summed E-state index contributed by atoms with van der Waals surface area (Å²) in [5.74, 6) is 2.42. The van der Waals surface area contributed by atoms with Crippen molar-refractivity contribution < 1.29 is 4.74 Å². The van der Waals surface area contributed by atoms with Gasteiger partial charge in [-0.15, -0.1) is 0 Å². The first-order valence-corrected chi connectivity index (χ1v) is 36.2. The van der Waals surface area contributed by atoms with E-state index in [1.54, 1.807) is 0 Å². The van der Waals surface area contributed by atoms with E-state index in [0.29, 0.717) is 6.67 Å². The lowest BCUT2D eigenvalue weighted by Gasteiger charge is -2.44. The highest BCUT2D eigenvalue weighted by molar-refractivity contribution is 7.23. The Bertz CT molecular complexity index is 4530. The summed E-state index contributed by atoms with van der Waals surface area (Å²) in [7, 11) is -3.09. The van der Waals surface area contributed by atoms with Gasteiger partial charge in [-0.25, -0.2) is 4.98 Å². The van der Waals surface area contributed by atoms with Gasteiger partial charge in [-0.2, -0.15) is 0 Å². The van der Waals surface area contributed by atoms with Crippen molar-refractivity contribution in [3.8, 4) is 44.9 Å². The van der Waals surface area contributed by atoms with Crippen LogP contribution in [0.2, 0.25) is 0 Å². The summed E-state index contributed by atoms with van der Waals surface area (Å²) in [5.41, 5.74) is 23.1. The van der Waals surface area contributed by atoms with E-state index in [1.165, 1.54) is 98.8 Å². The zero-order valence-electron chi connectivity index (χ0n) is 60.0. The highest BCUT2D eigenvalue weighted by atomic mass is 28.3. The second-order valence-electron chi connectivity index (χ2n) is 34.3. The molecule has 480 valence electrons. The van der Waals surface area contributed by atoms with Crippen molar-refractivity contribution in [1.29, 1.82) is 0 Å². The number of para-hydroxylation sites is 3. The predicted octanol–water partition coefficient (Wildman–Crippen LogP) is 21.7. The zero-order valence-corrected chi connectivity index (χ0v) is 61.0. The van der Waals surface area contributed by atoms with Gasteiger partial charge in [-0.3, -0.25) is 4.90 Å². The van der Waals surface area contributed by atoms with Crippen molar-refractivity contribution in [2.75, 3.05) is 21.4 Å². The van der Waals surface area contributed by atoms with E-state index in [9.17, 15) is 0 Å². The Morgan fingerprint density at radius 2 is 0.787 bits per heavy atom. The summed E-state index contributed by atoms with van der Waals surface area (Å²) in [5, 5.41) is 5.60. The molecule has 4 heterocycles. The van der Waals surface area contributed by atoms with Gasteiger partial charge in [0, 0.05) is 40.8 Å². The number of rotatable bonds is 7. The maximum absolute atomic E-state index is 7.35. The van der Waals surface area contributed by atoms with E-state index in [1.807, 2.05) is 6.20 Å². The summed E-state index contributed by atoms with van der Waals surface area (Å²) >= 11 is 0. The third-order valence-corrected chi connectivity index (χ3v) is 25.2. The van der Waals surface area contributed by atoms with Crippen LogP contribution in [0.25, 0.3) is 33.4 Å². The molecule has 9 aromatic carbocycles. The van der Waals surface area contributed by atoms with Crippen LogP contribution in [-0.4, -0.2) is 19.7 Å². The molecule has 0 fully saturated rings. The molecule has 0 bridgehead atoms. The van der Waals surface area contributed by atoms with E-state index >= 15 is 0 Å². The van der Waals surface area contributed by atoms with Gasteiger partial charge in [0.05, 0.1) is 22.7 Å². The van der Waals surface area contributed by atoms with Gasteiger partial charge in [-0.1, -0.05) is 267 Å². The molecular formula is C88H98N4OSi. The molecule has 1 aromatic heterocycles. The second-order valence-corrected chi connectivity index (χ2v) is 38.0. The highest BCUT2D eigenvalue weighted by Crippen LogP contribution is 2.53. The summed E-state index contributed by atoms with van der Waals surface area (Å²) < 4.78 is 7.35. The topological polar surface area (TPSA) is 31.8 Å². The van der Waals surface area contributed by atoms with Crippen LogP contribution in [-0.2, 0) is 37.9 Å². The Balaban J connectivity index is 0.981. The maximum Gasteiger partial charge on any atom is 0.185 e. The average molecular weight is 1260 g/mol. The van der Waals surface area contributed by atoms with Gasteiger partial charge < -0.3 is 14.5 Å². The highest BCUT2D eigenvalue weighted by Gasteiger charge is 2.55. The molecule has 13 rings (SSSR count). The second kappa shape index (κ2) is 22.3. The molecule has 0 unspecified atom stereocenters. The minimum atomic E-state index is -3.09. The summed E-state index contributed by atoms with van der Waals surface area (Å²) in [6.45, 7) is 49.6. The van der Waals surface area contributed by atoms with Crippen molar-refractivity contribution in [2.24, 2.45) is 0 Å². The Morgan fingerprint density at radius 1 is 0.319 bits per heavy atom. The lowest BCUT2D eigenvalue weighted by molar-refractivity contribution is 0.483. The lowest BCUT2D eigenvalue weighted by Crippen LogP contribution is -2.75. The maximum atomic E-state index is 7.35. The van der Waals surface area contributed by atoms with Crippen molar-refractivity contribution in [3.63, 3.8) is 0 Å². The molecule has 0 amide bonds. The van der Waals surface area contributed by atoms with E-state index in [4.69, 9.17) is 9.72 Å². The number of hydrogen-bond donors (Lipinski definition) is 0. The fourth-order valence-electron chi connectivity index (χ4n) is 14.5. The normalized spacial score (nSPS) is 14.6. The van der Waals surface area contributed by atoms with E-state index in [0.717, 1.165) is 45.8 Å². The predicted molar refractivity (Wildman–Crippen MR) is 405 cm³/mol. The Labute approximate surface area is 564 Å². The van der Waals surface area contributed by atoms with E-state index in [-0.39, 0.29) is 37.9 Å². The quantitative estimate of drug-likeness (QED) is 0.149. The van der Waals surface area contributed by atoms with Gasteiger partial charge in [0.25, 0.3) is 0 Å². The van der Waals surface area contributed by atoms with Crippen LogP contribution < -0.4 is 40.2 Å². The molecule has 0 N–H and O–H groups in total. The third kappa shape index (κ3) is 11.3. The molecule has 1 spiro atoms. The fraction of sp³-hybridized carbons (Fsp3) is 0.330. The summed E-state index contributed by atoms with van der Waals surface area (Å²) in [6, 6.07) is 75.0. The average Bonchev–Trinajstić information content (AvgIpc) is 1.40. The number of ether oxygens (including phenoxy) is 1. The van der Waals surface area contributed by atoms with Crippen molar-refractivity contribution >= 4 is 68.8 Å². The van der Waals surface area contributed by atoms with Gasteiger partial charge in [-0.05, 0) is 181 Å².